The number of methoxy groups -OCH3 is 1. The Labute approximate surface area is 180 Å². The van der Waals surface area contributed by atoms with Crippen LogP contribution in [0.25, 0.3) is 10.6 Å². The molecule has 5 nitrogen and oxygen atoms in total. The highest BCUT2D eigenvalue weighted by molar-refractivity contribution is 7.13. The molecule has 2 aromatic carbocycles. The SMILES string of the molecule is COc1ccc(-c2nc(C(=O)N3C[C@@H](O)C[C@H]3c3ccc(C(F)(F)F)cc3)cs2)cc1. The minimum Gasteiger partial charge on any atom is -0.497 e. The number of thiazole rings is 1. The Morgan fingerprint density at radius 3 is 2.45 bits per heavy atom. The normalized spacial score (nSPS) is 18.9. The molecule has 2 atom stereocenters. The van der Waals surface area contributed by atoms with Crippen LogP contribution in [0.5, 0.6) is 5.75 Å². The largest absolute Gasteiger partial charge is 0.497 e. The van der Waals surface area contributed by atoms with E-state index in [4.69, 9.17) is 4.74 Å². The number of benzene rings is 2. The van der Waals surface area contributed by atoms with Gasteiger partial charge in [-0.2, -0.15) is 13.2 Å². The molecule has 162 valence electrons. The lowest BCUT2D eigenvalue weighted by Gasteiger charge is -2.24. The van der Waals surface area contributed by atoms with Crippen molar-refractivity contribution in [3.05, 3.63) is 70.7 Å². The molecule has 2 heterocycles. The van der Waals surface area contributed by atoms with E-state index in [1.54, 1.807) is 24.6 Å². The lowest BCUT2D eigenvalue weighted by Crippen LogP contribution is -2.32. The third kappa shape index (κ3) is 4.42. The van der Waals surface area contributed by atoms with Crippen LogP contribution in [0.3, 0.4) is 0 Å². The van der Waals surface area contributed by atoms with Gasteiger partial charge in [0.2, 0.25) is 0 Å². The van der Waals surface area contributed by atoms with E-state index < -0.39 is 23.9 Å². The Hall–Kier alpha value is -2.91. The van der Waals surface area contributed by atoms with Crippen LogP contribution in [0.15, 0.2) is 53.9 Å². The van der Waals surface area contributed by atoms with Crippen LogP contribution < -0.4 is 4.74 Å². The van der Waals surface area contributed by atoms with E-state index in [1.165, 1.54) is 28.4 Å². The summed E-state index contributed by atoms with van der Waals surface area (Å²) in [6.45, 7) is 0.0971. The molecule has 0 radical (unpaired) electrons. The van der Waals surface area contributed by atoms with Crippen LogP contribution in [-0.4, -0.2) is 40.7 Å². The summed E-state index contributed by atoms with van der Waals surface area (Å²) in [6, 6.07) is 11.5. The van der Waals surface area contributed by atoms with Crippen molar-refractivity contribution in [3.8, 4) is 16.3 Å². The zero-order valence-electron chi connectivity index (χ0n) is 16.5. The van der Waals surface area contributed by atoms with Crippen LogP contribution in [0.1, 0.15) is 34.1 Å². The van der Waals surface area contributed by atoms with Crippen molar-refractivity contribution in [1.29, 1.82) is 0 Å². The van der Waals surface area contributed by atoms with Crippen LogP contribution in [0, 0.1) is 0 Å². The predicted molar refractivity (Wildman–Crippen MR) is 110 cm³/mol. The summed E-state index contributed by atoms with van der Waals surface area (Å²) < 4.78 is 43.7. The first-order valence-electron chi connectivity index (χ1n) is 9.52. The molecule has 1 amide bonds. The first-order chi connectivity index (χ1) is 14.8. The molecule has 4 rings (SSSR count). The molecule has 1 aromatic heterocycles. The van der Waals surface area contributed by atoms with Gasteiger partial charge in [0.15, 0.2) is 0 Å². The van der Waals surface area contributed by atoms with Gasteiger partial charge in [0.05, 0.1) is 24.8 Å². The van der Waals surface area contributed by atoms with E-state index in [0.717, 1.165) is 17.7 Å². The highest BCUT2D eigenvalue weighted by Gasteiger charge is 2.37. The van der Waals surface area contributed by atoms with Gasteiger partial charge in [-0.05, 0) is 48.4 Å². The van der Waals surface area contributed by atoms with Crippen molar-refractivity contribution in [1.82, 2.24) is 9.88 Å². The molecule has 1 aliphatic rings. The number of hydrogen-bond acceptors (Lipinski definition) is 5. The zero-order chi connectivity index (χ0) is 22.2. The van der Waals surface area contributed by atoms with Gasteiger partial charge >= 0.3 is 6.18 Å². The number of nitrogens with zero attached hydrogens (tertiary/aromatic N) is 2. The Morgan fingerprint density at radius 1 is 1.16 bits per heavy atom. The number of carbonyl (C=O) groups is 1. The Balaban J connectivity index is 1.56. The molecule has 1 N–H and O–H groups in total. The van der Waals surface area contributed by atoms with Gasteiger partial charge in [-0.25, -0.2) is 4.98 Å². The van der Waals surface area contributed by atoms with E-state index in [1.807, 2.05) is 12.1 Å². The summed E-state index contributed by atoms with van der Waals surface area (Å²) in [5.74, 6) is 0.347. The molecule has 1 saturated heterocycles. The van der Waals surface area contributed by atoms with Crippen LogP contribution in [-0.2, 0) is 6.18 Å². The lowest BCUT2D eigenvalue weighted by atomic mass is 10.0. The second-order valence-corrected chi connectivity index (χ2v) is 8.11. The highest BCUT2D eigenvalue weighted by Crippen LogP contribution is 2.36. The summed E-state index contributed by atoms with van der Waals surface area (Å²) >= 11 is 1.32. The molecule has 1 aliphatic heterocycles. The van der Waals surface area contributed by atoms with E-state index in [-0.39, 0.29) is 24.6 Å². The molecule has 0 aliphatic carbocycles. The third-order valence-corrected chi connectivity index (χ3v) is 6.11. The quantitative estimate of drug-likeness (QED) is 0.624. The number of amides is 1. The summed E-state index contributed by atoms with van der Waals surface area (Å²) in [6.07, 6.45) is -4.93. The number of hydrogen-bond donors (Lipinski definition) is 1. The zero-order valence-corrected chi connectivity index (χ0v) is 17.3. The smallest absolute Gasteiger partial charge is 0.416 e. The number of aliphatic hydroxyl groups is 1. The van der Waals surface area contributed by atoms with Crippen LogP contribution in [0.2, 0.25) is 0 Å². The molecular weight excluding hydrogens is 429 g/mol. The molecule has 31 heavy (non-hydrogen) atoms. The van der Waals surface area contributed by atoms with Crippen molar-refractivity contribution in [2.24, 2.45) is 0 Å². The number of likely N-dealkylation sites (tertiary alicyclic amines) is 1. The van der Waals surface area contributed by atoms with Gasteiger partial charge in [-0.3, -0.25) is 4.79 Å². The van der Waals surface area contributed by atoms with Crippen LogP contribution >= 0.6 is 11.3 Å². The Kier molecular flexibility index (Phi) is 5.72. The molecular formula is C22H19F3N2O3S. The van der Waals surface area contributed by atoms with Crippen molar-refractivity contribution in [2.75, 3.05) is 13.7 Å². The number of alkyl halides is 3. The lowest BCUT2D eigenvalue weighted by molar-refractivity contribution is -0.137. The fraction of sp³-hybridized carbons (Fsp3) is 0.273. The minimum atomic E-state index is -4.43. The topological polar surface area (TPSA) is 62.7 Å². The molecule has 0 bridgehead atoms. The Bertz CT molecular complexity index is 1060. The van der Waals surface area contributed by atoms with Gasteiger partial charge in [0.1, 0.15) is 16.5 Å². The summed E-state index contributed by atoms with van der Waals surface area (Å²) in [5.41, 5.74) is 0.868. The monoisotopic (exact) mass is 448 g/mol. The third-order valence-electron chi connectivity index (χ3n) is 5.22. The van der Waals surface area contributed by atoms with Crippen molar-refractivity contribution < 1.29 is 27.8 Å². The molecule has 1 fully saturated rings. The van der Waals surface area contributed by atoms with Gasteiger partial charge in [0, 0.05) is 17.5 Å². The van der Waals surface area contributed by atoms with Gasteiger partial charge in [-0.15, -0.1) is 11.3 Å². The maximum Gasteiger partial charge on any atom is 0.416 e. The molecule has 3 aromatic rings. The number of carbonyl (C=O) groups excluding carboxylic acids is 1. The van der Waals surface area contributed by atoms with Gasteiger partial charge in [0.25, 0.3) is 5.91 Å². The first kappa shape index (κ1) is 21.3. The molecule has 9 heteroatoms. The van der Waals surface area contributed by atoms with Gasteiger partial charge in [-0.1, -0.05) is 12.1 Å². The molecule has 0 saturated carbocycles. The van der Waals surface area contributed by atoms with E-state index in [0.29, 0.717) is 16.3 Å². The number of aliphatic hydroxyl groups excluding tert-OH is 1. The summed E-state index contributed by atoms with van der Waals surface area (Å²) in [7, 11) is 1.58. The number of ether oxygens (including phenoxy) is 1. The molecule has 0 unspecified atom stereocenters. The average Bonchev–Trinajstić information content (AvgIpc) is 3.40. The highest BCUT2D eigenvalue weighted by atomic mass is 32.1. The maximum atomic E-state index is 13.1. The minimum absolute atomic E-state index is 0.0971. The van der Waals surface area contributed by atoms with Crippen molar-refractivity contribution in [2.45, 2.75) is 24.7 Å². The first-order valence-corrected chi connectivity index (χ1v) is 10.4. The second kappa shape index (κ2) is 8.32. The number of aromatic nitrogens is 1. The summed E-state index contributed by atoms with van der Waals surface area (Å²) in [4.78, 5) is 19.0. The number of β-amino-alcohol motifs (C(OH)–C–C–N with tert-alkyl or cyclic N) is 1. The standard InChI is InChI=1S/C22H19F3N2O3S/c1-30-17-8-4-14(5-9-17)20-26-18(12-31-20)21(29)27-11-16(28)10-19(27)13-2-6-15(7-3-13)22(23,24)25/h2-9,12,16,19,28H,10-11H2,1H3/t16-,19-/m0/s1. The number of halogens is 3. The van der Waals surface area contributed by atoms with Crippen LogP contribution in [0.4, 0.5) is 13.2 Å². The number of rotatable bonds is 4. The Morgan fingerprint density at radius 2 is 1.84 bits per heavy atom. The summed E-state index contributed by atoms with van der Waals surface area (Å²) in [5, 5.41) is 12.5. The van der Waals surface area contributed by atoms with E-state index in [9.17, 15) is 23.1 Å². The van der Waals surface area contributed by atoms with E-state index >= 15 is 0 Å². The average molecular weight is 448 g/mol. The fourth-order valence-electron chi connectivity index (χ4n) is 3.63. The van der Waals surface area contributed by atoms with Crippen molar-refractivity contribution >= 4 is 17.2 Å². The molecule has 0 spiro atoms. The van der Waals surface area contributed by atoms with E-state index in [2.05, 4.69) is 4.98 Å². The van der Waals surface area contributed by atoms with Crippen molar-refractivity contribution in [3.63, 3.8) is 0 Å². The second-order valence-electron chi connectivity index (χ2n) is 7.25. The maximum absolute atomic E-state index is 13.1. The fourth-order valence-corrected chi connectivity index (χ4v) is 4.43. The predicted octanol–water partition coefficient (Wildman–Crippen LogP) is 4.79. The van der Waals surface area contributed by atoms with Gasteiger partial charge < -0.3 is 14.7 Å².